The first-order valence-electron chi connectivity index (χ1n) is 12.0. The lowest BCUT2D eigenvalue weighted by atomic mass is 9.88. The Morgan fingerprint density at radius 3 is 2.58 bits per heavy atom. The summed E-state index contributed by atoms with van der Waals surface area (Å²) in [5.74, 6) is 0.0297. The number of amides is 3. The van der Waals surface area contributed by atoms with Crippen molar-refractivity contribution in [1.82, 2.24) is 16.0 Å². The third-order valence-corrected chi connectivity index (χ3v) is 7.59. The number of carbonyl (C=O) groups excluding carboxylic acids is 4. The predicted molar refractivity (Wildman–Crippen MR) is 116 cm³/mol. The van der Waals surface area contributed by atoms with Crippen molar-refractivity contribution in [3.05, 3.63) is 0 Å². The van der Waals surface area contributed by atoms with Crippen molar-refractivity contribution in [2.24, 2.45) is 35.5 Å². The van der Waals surface area contributed by atoms with Gasteiger partial charge in [-0.05, 0) is 31.1 Å². The quantitative estimate of drug-likeness (QED) is 0.425. The van der Waals surface area contributed by atoms with Crippen molar-refractivity contribution < 1.29 is 33.4 Å². The molecule has 3 unspecified atom stereocenters. The van der Waals surface area contributed by atoms with Gasteiger partial charge in [-0.2, -0.15) is 0 Å². The number of rotatable bonds is 9. The Balaban J connectivity index is 1.35. The Morgan fingerprint density at radius 2 is 1.94 bits per heavy atom. The zero-order valence-electron chi connectivity index (χ0n) is 19.5. The van der Waals surface area contributed by atoms with Gasteiger partial charge in [0.25, 0.3) is 0 Å². The minimum atomic E-state index is -0.848. The first-order valence-corrected chi connectivity index (χ1v) is 12.0. The number of aldehydes is 1. The summed E-state index contributed by atoms with van der Waals surface area (Å²) in [6, 6.07) is -1.64. The highest BCUT2D eigenvalue weighted by atomic mass is 16.7. The number of hydrogen-bond donors (Lipinski definition) is 3. The van der Waals surface area contributed by atoms with Gasteiger partial charge in [0.1, 0.15) is 18.4 Å². The van der Waals surface area contributed by atoms with Gasteiger partial charge in [-0.1, -0.05) is 20.8 Å². The molecular weight excluding hydrogens is 430 g/mol. The molecule has 3 amide bonds. The lowest BCUT2D eigenvalue weighted by Gasteiger charge is -2.32. The van der Waals surface area contributed by atoms with Gasteiger partial charge in [-0.25, -0.2) is 4.79 Å². The molecule has 9 atom stereocenters. The second kappa shape index (κ2) is 9.97. The average Bonchev–Trinajstić information content (AvgIpc) is 3.40. The molecule has 0 aromatic carbocycles. The van der Waals surface area contributed by atoms with Crippen molar-refractivity contribution in [3.63, 3.8) is 0 Å². The lowest BCUT2D eigenvalue weighted by molar-refractivity contribution is -0.183. The van der Waals surface area contributed by atoms with E-state index < -0.39 is 24.1 Å². The van der Waals surface area contributed by atoms with Crippen LogP contribution in [-0.2, 0) is 28.6 Å². The first-order chi connectivity index (χ1) is 15.8. The maximum absolute atomic E-state index is 13.0. The molecule has 0 aromatic rings. The monoisotopic (exact) mass is 465 g/mol. The van der Waals surface area contributed by atoms with Crippen molar-refractivity contribution >= 4 is 24.2 Å². The number of hydrogen-bond acceptors (Lipinski definition) is 7. The molecule has 10 nitrogen and oxygen atoms in total. The van der Waals surface area contributed by atoms with Crippen LogP contribution in [0.3, 0.4) is 0 Å². The zero-order valence-corrected chi connectivity index (χ0v) is 19.5. The summed E-state index contributed by atoms with van der Waals surface area (Å²) in [6.45, 7) is 7.60. The molecule has 4 fully saturated rings. The Kier molecular flexibility index (Phi) is 7.23. The fourth-order valence-corrected chi connectivity index (χ4v) is 5.88. The maximum atomic E-state index is 13.0. The number of carbonyl (C=O) groups is 4. The van der Waals surface area contributed by atoms with Gasteiger partial charge in [0.15, 0.2) is 6.29 Å². The lowest BCUT2D eigenvalue weighted by Crippen LogP contribution is -2.52. The standard InChI is InChI=1S/C23H35N3O7/c1-11(2)6-17(21(29)25-14(8-27)7-13-4-5-24-20(13)28)26-23(30)33-19-15-9-31-22-18(12(15)3)16(19)10-32-22/h8,11-19,22H,4-7,9-10H2,1-3H3,(H,24,28)(H,25,29)(H,26,30)/t12-,13?,14-,15?,16+,17-,18?,19-,22-/m0/s1. The summed E-state index contributed by atoms with van der Waals surface area (Å²) in [5, 5.41) is 8.13. The van der Waals surface area contributed by atoms with E-state index in [9.17, 15) is 19.2 Å². The van der Waals surface area contributed by atoms with E-state index in [0.717, 1.165) is 0 Å². The number of ether oxygens (including phenoxy) is 3. The van der Waals surface area contributed by atoms with Crippen LogP contribution in [0.15, 0.2) is 0 Å². The highest BCUT2D eigenvalue weighted by Crippen LogP contribution is 2.52. The molecular formula is C23H35N3O7. The van der Waals surface area contributed by atoms with Crippen LogP contribution < -0.4 is 16.0 Å². The average molecular weight is 466 g/mol. The van der Waals surface area contributed by atoms with E-state index in [1.807, 2.05) is 13.8 Å². The van der Waals surface area contributed by atoms with Crippen LogP contribution in [0.5, 0.6) is 0 Å². The number of nitrogens with one attached hydrogen (secondary N) is 3. The Hall–Kier alpha value is -2.20. The van der Waals surface area contributed by atoms with Gasteiger partial charge in [0.2, 0.25) is 11.8 Å². The minimum Gasteiger partial charge on any atom is -0.445 e. The van der Waals surface area contributed by atoms with Crippen molar-refractivity contribution in [2.45, 2.75) is 64.5 Å². The van der Waals surface area contributed by atoms with E-state index in [-0.39, 0.29) is 54.3 Å². The molecule has 3 aliphatic heterocycles. The fraction of sp³-hybridized carbons (Fsp3) is 0.826. The van der Waals surface area contributed by atoms with Crippen LogP contribution >= 0.6 is 0 Å². The first kappa shape index (κ1) is 23.9. The third-order valence-electron chi connectivity index (χ3n) is 7.59. The number of fused-ring (bicyclic) bond motifs is 1. The van der Waals surface area contributed by atoms with Gasteiger partial charge >= 0.3 is 6.09 Å². The molecule has 10 heteroatoms. The molecule has 184 valence electrons. The molecule has 1 saturated carbocycles. The van der Waals surface area contributed by atoms with Crippen LogP contribution in [0, 0.1) is 35.5 Å². The van der Waals surface area contributed by atoms with Crippen molar-refractivity contribution in [3.8, 4) is 0 Å². The van der Waals surface area contributed by atoms with E-state index in [4.69, 9.17) is 14.2 Å². The second-order valence-corrected chi connectivity index (χ2v) is 10.3. The molecule has 4 aliphatic rings. The largest absolute Gasteiger partial charge is 0.445 e. The molecule has 3 saturated heterocycles. The summed E-state index contributed by atoms with van der Waals surface area (Å²) < 4.78 is 17.3. The molecule has 0 radical (unpaired) electrons. The van der Waals surface area contributed by atoms with Gasteiger partial charge in [0, 0.05) is 30.2 Å². The summed E-state index contributed by atoms with van der Waals surface area (Å²) in [5.41, 5.74) is 0. The fourth-order valence-electron chi connectivity index (χ4n) is 5.88. The minimum absolute atomic E-state index is 0.0950. The number of alkyl carbamates (subject to hydrolysis) is 1. The summed E-state index contributed by atoms with van der Waals surface area (Å²) in [4.78, 5) is 49.2. The van der Waals surface area contributed by atoms with E-state index in [1.54, 1.807) is 0 Å². The highest BCUT2D eigenvalue weighted by molar-refractivity contribution is 5.88. The molecule has 3 heterocycles. The highest BCUT2D eigenvalue weighted by Gasteiger charge is 2.60. The molecule has 0 spiro atoms. The van der Waals surface area contributed by atoms with E-state index in [1.165, 1.54) is 0 Å². The molecule has 33 heavy (non-hydrogen) atoms. The van der Waals surface area contributed by atoms with Crippen LogP contribution in [-0.4, -0.2) is 68.4 Å². The SMILES string of the molecule is CC(C)C[C@H](NC(=O)O[C@H]1C2CO[C@H]3OC[C@@H]1C3[C@H]2C)C(=O)N[C@H](C=O)CC1CCNC1=O. The molecule has 4 rings (SSSR count). The van der Waals surface area contributed by atoms with Gasteiger partial charge < -0.3 is 35.0 Å². The normalized spacial score (nSPS) is 36.2. The van der Waals surface area contributed by atoms with Crippen molar-refractivity contribution in [1.29, 1.82) is 0 Å². The van der Waals surface area contributed by atoms with Crippen LogP contribution in [0.1, 0.15) is 40.0 Å². The Labute approximate surface area is 193 Å². The van der Waals surface area contributed by atoms with Gasteiger partial charge in [-0.15, -0.1) is 0 Å². The van der Waals surface area contributed by atoms with Crippen LogP contribution in [0.25, 0.3) is 0 Å². The summed E-state index contributed by atoms with van der Waals surface area (Å²) in [7, 11) is 0. The smallest absolute Gasteiger partial charge is 0.408 e. The molecule has 1 aliphatic carbocycles. The van der Waals surface area contributed by atoms with Crippen LogP contribution in [0.4, 0.5) is 4.79 Å². The van der Waals surface area contributed by atoms with Gasteiger partial charge in [0.05, 0.1) is 19.3 Å². The summed E-state index contributed by atoms with van der Waals surface area (Å²) >= 11 is 0. The second-order valence-electron chi connectivity index (χ2n) is 10.3. The van der Waals surface area contributed by atoms with Crippen LogP contribution in [0.2, 0.25) is 0 Å². The van der Waals surface area contributed by atoms with E-state index in [2.05, 4.69) is 22.9 Å². The zero-order chi connectivity index (χ0) is 23.7. The van der Waals surface area contributed by atoms with Gasteiger partial charge in [-0.3, -0.25) is 9.59 Å². The third kappa shape index (κ3) is 5.01. The maximum Gasteiger partial charge on any atom is 0.408 e. The molecule has 3 N–H and O–H groups in total. The van der Waals surface area contributed by atoms with Crippen molar-refractivity contribution in [2.75, 3.05) is 19.8 Å². The van der Waals surface area contributed by atoms with E-state index in [0.29, 0.717) is 44.8 Å². The summed E-state index contributed by atoms with van der Waals surface area (Å²) in [6.07, 6.45) is 0.722. The Morgan fingerprint density at radius 1 is 1.21 bits per heavy atom. The topological polar surface area (TPSA) is 132 Å². The Bertz CT molecular complexity index is 775. The predicted octanol–water partition coefficient (Wildman–Crippen LogP) is 0.591. The molecule has 2 bridgehead atoms. The van der Waals surface area contributed by atoms with E-state index >= 15 is 0 Å². The molecule has 0 aromatic heterocycles.